The number of fused-ring (bicyclic) bond motifs is 1. The first kappa shape index (κ1) is 16.9. The molecule has 0 spiro atoms. The highest BCUT2D eigenvalue weighted by atomic mass is 35.5. The number of nitrogens with one attached hydrogen (secondary N) is 1. The van der Waals surface area contributed by atoms with Crippen molar-refractivity contribution in [2.75, 3.05) is 0 Å². The number of amides is 1. The zero-order chi connectivity index (χ0) is 17.3. The number of carbonyl (C=O) groups is 1. The maximum atomic E-state index is 13.9. The lowest BCUT2D eigenvalue weighted by molar-refractivity contribution is 0.0912. The second-order valence-corrected chi connectivity index (χ2v) is 7.25. The second kappa shape index (κ2) is 6.52. The third-order valence-corrected chi connectivity index (χ3v) is 4.76. The number of hydrogen-bond donors (Lipinski definition) is 1. The highest BCUT2D eigenvalue weighted by Gasteiger charge is 2.26. The fourth-order valence-corrected chi connectivity index (χ4v) is 3.50. The zero-order valence-corrected chi connectivity index (χ0v) is 14.6. The van der Waals surface area contributed by atoms with Crippen molar-refractivity contribution in [2.45, 2.75) is 45.1 Å². The van der Waals surface area contributed by atoms with Crippen molar-refractivity contribution in [1.82, 2.24) is 10.3 Å². The van der Waals surface area contributed by atoms with Gasteiger partial charge in [0, 0.05) is 17.4 Å². The lowest BCUT2D eigenvalue weighted by Crippen LogP contribution is -2.45. The third kappa shape index (κ3) is 3.44. The third-order valence-electron chi connectivity index (χ3n) is 4.33. The second-order valence-electron chi connectivity index (χ2n) is 6.87. The van der Waals surface area contributed by atoms with Gasteiger partial charge in [0.1, 0.15) is 5.82 Å². The van der Waals surface area contributed by atoms with E-state index < -0.39 is 5.54 Å². The number of halogens is 2. The summed E-state index contributed by atoms with van der Waals surface area (Å²) in [5.41, 5.74) is 2.32. The average molecular weight is 347 g/mol. The van der Waals surface area contributed by atoms with Gasteiger partial charge in [-0.2, -0.15) is 0 Å². The van der Waals surface area contributed by atoms with E-state index in [0.717, 1.165) is 30.5 Å². The van der Waals surface area contributed by atoms with Gasteiger partial charge in [0.2, 0.25) is 0 Å². The van der Waals surface area contributed by atoms with Crippen molar-refractivity contribution in [1.29, 1.82) is 0 Å². The molecule has 0 bridgehead atoms. The Balaban J connectivity index is 1.78. The Labute approximate surface area is 146 Å². The lowest BCUT2D eigenvalue weighted by atomic mass is 9.94. The Bertz CT molecular complexity index is 789. The van der Waals surface area contributed by atoms with E-state index in [2.05, 4.69) is 10.3 Å². The Morgan fingerprint density at radius 1 is 1.33 bits per heavy atom. The van der Waals surface area contributed by atoms with Gasteiger partial charge in [-0.05, 0) is 56.7 Å². The molecular formula is C19H20ClFN2O. The number of rotatable bonds is 4. The van der Waals surface area contributed by atoms with E-state index in [4.69, 9.17) is 11.6 Å². The maximum Gasteiger partial charge on any atom is 0.254 e. The predicted molar refractivity (Wildman–Crippen MR) is 92.9 cm³/mol. The van der Waals surface area contributed by atoms with Gasteiger partial charge in [-0.25, -0.2) is 4.39 Å². The van der Waals surface area contributed by atoms with Crippen LogP contribution in [0.4, 0.5) is 4.39 Å². The van der Waals surface area contributed by atoms with Crippen LogP contribution in [0, 0.1) is 5.82 Å². The van der Waals surface area contributed by atoms with Crippen LogP contribution < -0.4 is 5.32 Å². The number of hydrogen-bond acceptors (Lipinski definition) is 2. The first-order valence-corrected chi connectivity index (χ1v) is 8.47. The number of nitrogens with zero attached hydrogens (tertiary/aromatic N) is 1. The Morgan fingerprint density at radius 2 is 2.08 bits per heavy atom. The molecule has 0 saturated heterocycles. The number of aromatic nitrogens is 1. The van der Waals surface area contributed by atoms with Crippen molar-refractivity contribution in [3.05, 3.63) is 63.7 Å². The molecule has 24 heavy (non-hydrogen) atoms. The van der Waals surface area contributed by atoms with Crippen molar-refractivity contribution in [3.63, 3.8) is 0 Å². The quantitative estimate of drug-likeness (QED) is 0.905. The lowest BCUT2D eigenvalue weighted by Gasteiger charge is -2.27. The van der Waals surface area contributed by atoms with Gasteiger partial charge in [-0.1, -0.05) is 29.8 Å². The molecule has 1 amide bonds. The zero-order valence-electron chi connectivity index (χ0n) is 13.8. The average Bonchev–Trinajstić information content (AvgIpc) is 2.98. The van der Waals surface area contributed by atoms with Gasteiger partial charge in [-0.15, -0.1) is 0 Å². The molecule has 0 radical (unpaired) electrons. The molecule has 3 nitrogen and oxygen atoms in total. The van der Waals surface area contributed by atoms with Crippen molar-refractivity contribution >= 4 is 17.5 Å². The molecule has 1 aliphatic rings. The van der Waals surface area contributed by atoms with Gasteiger partial charge in [-0.3, -0.25) is 9.78 Å². The van der Waals surface area contributed by atoms with Gasteiger partial charge >= 0.3 is 0 Å². The molecule has 0 fully saturated rings. The molecule has 0 atom stereocenters. The summed E-state index contributed by atoms with van der Waals surface area (Å²) in [7, 11) is 0. The summed E-state index contributed by atoms with van der Waals surface area (Å²) in [4.78, 5) is 17.0. The van der Waals surface area contributed by atoms with E-state index in [9.17, 15) is 9.18 Å². The largest absolute Gasteiger partial charge is 0.347 e. The van der Waals surface area contributed by atoms with E-state index in [-0.39, 0.29) is 11.7 Å². The van der Waals surface area contributed by atoms with Crippen LogP contribution in [-0.4, -0.2) is 16.4 Å². The van der Waals surface area contributed by atoms with E-state index in [0.29, 0.717) is 22.6 Å². The summed E-state index contributed by atoms with van der Waals surface area (Å²) in [6.45, 7) is 3.73. The van der Waals surface area contributed by atoms with Crippen molar-refractivity contribution < 1.29 is 9.18 Å². The van der Waals surface area contributed by atoms with Crippen LogP contribution in [0.5, 0.6) is 0 Å². The summed E-state index contributed by atoms with van der Waals surface area (Å²) in [5, 5.41) is 3.45. The van der Waals surface area contributed by atoms with Crippen LogP contribution in [0.15, 0.2) is 30.5 Å². The maximum absolute atomic E-state index is 13.9. The molecule has 0 aliphatic heterocycles. The summed E-state index contributed by atoms with van der Waals surface area (Å²) >= 11 is 6.40. The molecule has 5 heteroatoms. The Morgan fingerprint density at radius 3 is 2.83 bits per heavy atom. The minimum atomic E-state index is -0.610. The highest BCUT2D eigenvalue weighted by molar-refractivity contribution is 6.34. The fourth-order valence-electron chi connectivity index (χ4n) is 3.16. The molecule has 0 saturated carbocycles. The van der Waals surface area contributed by atoms with Crippen LogP contribution >= 0.6 is 11.6 Å². The molecule has 3 rings (SSSR count). The standard InChI is InChI=1S/C19H20ClFN2O/c1-19(2,10-12-6-3-4-8-15(12)21)23-18(24)14-11-22-16-9-5-7-13(16)17(14)20/h3-4,6,8,11H,5,7,9-10H2,1-2H3,(H,23,24). The molecule has 1 aromatic carbocycles. The van der Waals surface area contributed by atoms with Crippen molar-refractivity contribution in [3.8, 4) is 0 Å². The van der Waals surface area contributed by atoms with Gasteiger partial charge < -0.3 is 5.32 Å². The van der Waals surface area contributed by atoms with Crippen LogP contribution in [-0.2, 0) is 19.3 Å². The molecule has 1 aliphatic carbocycles. The monoisotopic (exact) mass is 346 g/mol. The van der Waals surface area contributed by atoms with Gasteiger partial charge in [0.15, 0.2) is 0 Å². The molecule has 0 unspecified atom stereocenters. The molecule has 1 aromatic heterocycles. The summed E-state index contributed by atoms with van der Waals surface area (Å²) in [5.74, 6) is -0.541. The number of benzene rings is 1. The first-order valence-electron chi connectivity index (χ1n) is 8.09. The van der Waals surface area contributed by atoms with E-state index in [1.165, 1.54) is 6.07 Å². The van der Waals surface area contributed by atoms with Crippen molar-refractivity contribution in [2.24, 2.45) is 0 Å². The highest BCUT2D eigenvalue weighted by Crippen LogP contribution is 2.30. The molecule has 1 N–H and O–H groups in total. The Hall–Kier alpha value is -1.94. The van der Waals surface area contributed by atoms with E-state index in [1.807, 2.05) is 13.8 Å². The summed E-state index contributed by atoms with van der Waals surface area (Å²) in [6, 6.07) is 6.60. The Kier molecular flexibility index (Phi) is 4.59. The normalized spacial score (nSPS) is 13.7. The van der Waals surface area contributed by atoms with Crippen LogP contribution in [0.2, 0.25) is 5.02 Å². The first-order chi connectivity index (χ1) is 11.4. The van der Waals surface area contributed by atoms with Crippen LogP contribution in [0.25, 0.3) is 0 Å². The number of aryl methyl sites for hydroxylation is 1. The summed E-state index contributed by atoms with van der Waals surface area (Å²) in [6.07, 6.45) is 4.73. The predicted octanol–water partition coefficient (Wildman–Crippen LogP) is 4.11. The molecule has 126 valence electrons. The molecule has 2 aromatic rings. The minimum absolute atomic E-state index is 0.267. The topological polar surface area (TPSA) is 42.0 Å². The van der Waals surface area contributed by atoms with Crippen LogP contribution in [0.1, 0.15) is 47.4 Å². The smallest absolute Gasteiger partial charge is 0.254 e. The number of pyridine rings is 1. The summed E-state index contributed by atoms with van der Waals surface area (Å²) < 4.78 is 13.9. The van der Waals surface area contributed by atoms with E-state index in [1.54, 1.807) is 24.4 Å². The SMILES string of the molecule is CC(C)(Cc1ccccc1F)NC(=O)c1cnc2c(c1Cl)CCC2. The van der Waals surface area contributed by atoms with Gasteiger partial charge in [0.25, 0.3) is 5.91 Å². The minimum Gasteiger partial charge on any atom is -0.347 e. The molecule has 1 heterocycles. The van der Waals surface area contributed by atoms with Crippen LogP contribution in [0.3, 0.4) is 0 Å². The van der Waals surface area contributed by atoms with Gasteiger partial charge in [0.05, 0.1) is 10.6 Å². The fraction of sp³-hybridized carbons (Fsp3) is 0.368. The molecular weight excluding hydrogens is 327 g/mol. The van der Waals surface area contributed by atoms with E-state index >= 15 is 0 Å². The number of carbonyl (C=O) groups excluding carboxylic acids is 1.